The van der Waals surface area contributed by atoms with Crippen molar-refractivity contribution in [1.82, 2.24) is 9.88 Å². The van der Waals surface area contributed by atoms with E-state index in [-0.39, 0.29) is 18.6 Å². The van der Waals surface area contributed by atoms with Crippen LogP contribution in [0.5, 0.6) is 0 Å². The van der Waals surface area contributed by atoms with Gasteiger partial charge in [0.15, 0.2) is 0 Å². The maximum atomic E-state index is 12.2. The SMILES string of the molecule is O=C(c1cncs1)N1CCCCCC1CO. The van der Waals surface area contributed by atoms with E-state index in [1.807, 2.05) is 0 Å². The van der Waals surface area contributed by atoms with Crippen LogP contribution < -0.4 is 0 Å². The van der Waals surface area contributed by atoms with Crippen LogP contribution in [0, 0.1) is 0 Å². The van der Waals surface area contributed by atoms with Crippen molar-refractivity contribution in [2.24, 2.45) is 0 Å². The van der Waals surface area contributed by atoms with Gasteiger partial charge in [-0.05, 0) is 12.8 Å². The summed E-state index contributed by atoms with van der Waals surface area (Å²) in [4.78, 5) is 18.6. The lowest BCUT2D eigenvalue weighted by Gasteiger charge is -2.27. The molecule has 0 aliphatic carbocycles. The first-order chi connectivity index (χ1) is 7.83. The third kappa shape index (κ3) is 2.41. The highest BCUT2D eigenvalue weighted by atomic mass is 32.1. The number of carbonyl (C=O) groups is 1. The Bertz CT molecular complexity index is 340. The minimum absolute atomic E-state index is 0.0166. The summed E-state index contributed by atoms with van der Waals surface area (Å²) in [7, 11) is 0. The largest absolute Gasteiger partial charge is 0.394 e. The van der Waals surface area contributed by atoms with Crippen molar-refractivity contribution in [3.8, 4) is 0 Å². The van der Waals surface area contributed by atoms with E-state index in [2.05, 4.69) is 4.98 Å². The van der Waals surface area contributed by atoms with Crippen LogP contribution >= 0.6 is 11.3 Å². The molecule has 0 radical (unpaired) electrons. The van der Waals surface area contributed by atoms with Gasteiger partial charge < -0.3 is 10.0 Å². The van der Waals surface area contributed by atoms with Crippen LogP contribution in [-0.2, 0) is 0 Å². The zero-order valence-electron chi connectivity index (χ0n) is 9.13. The van der Waals surface area contributed by atoms with Crippen LogP contribution in [0.1, 0.15) is 35.4 Å². The molecule has 1 amide bonds. The molecule has 1 aromatic rings. The minimum atomic E-state index is -0.0166. The number of thiazole rings is 1. The molecule has 4 nitrogen and oxygen atoms in total. The van der Waals surface area contributed by atoms with Gasteiger partial charge in [-0.2, -0.15) is 0 Å². The Kier molecular flexibility index (Phi) is 3.90. The number of aliphatic hydroxyl groups excluding tert-OH is 1. The molecule has 1 N–H and O–H groups in total. The monoisotopic (exact) mass is 240 g/mol. The number of hydrogen-bond acceptors (Lipinski definition) is 4. The van der Waals surface area contributed by atoms with Gasteiger partial charge in [-0.3, -0.25) is 9.78 Å². The number of aromatic nitrogens is 1. The van der Waals surface area contributed by atoms with Crippen molar-refractivity contribution >= 4 is 17.2 Å². The normalized spacial score (nSPS) is 21.8. The fourth-order valence-electron chi connectivity index (χ4n) is 2.10. The lowest BCUT2D eigenvalue weighted by molar-refractivity contribution is 0.0604. The first-order valence-corrected chi connectivity index (χ1v) is 6.51. The standard InChI is InChI=1S/C11H16N2O2S/c14-7-9-4-2-1-3-5-13(9)11(15)10-6-12-8-16-10/h6,8-9,14H,1-5,7H2. The molecular formula is C11H16N2O2S. The molecule has 0 spiro atoms. The number of carbonyl (C=O) groups excluding carboxylic acids is 1. The maximum Gasteiger partial charge on any atom is 0.265 e. The third-order valence-corrected chi connectivity index (χ3v) is 3.75. The third-order valence-electron chi connectivity index (χ3n) is 2.99. The van der Waals surface area contributed by atoms with Gasteiger partial charge in [-0.15, -0.1) is 11.3 Å². The van der Waals surface area contributed by atoms with Crippen LogP contribution in [-0.4, -0.2) is 40.1 Å². The summed E-state index contributed by atoms with van der Waals surface area (Å²) >= 11 is 1.36. The van der Waals surface area contributed by atoms with Gasteiger partial charge in [0.05, 0.1) is 24.4 Å². The van der Waals surface area contributed by atoms with Crippen molar-refractivity contribution in [2.75, 3.05) is 13.2 Å². The summed E-state index contributed by atoms with van der Waals surface area (Å²) in [6.07, 6.45) is 5.77. The van der Waals surface area contributed by atoms with E-state index in [1.165, 1.54) is 11.3 Å². The summed E-state index contributed by atoms with van der Waals surface area (Å²) in [5.41, 5.74) is 1.67. The first-order valence-electron chi connectivity index (χ1n) is 5.63. The predicted molar refractivity (Wildman–Crippen MR) is 62.5 cm³/mol. The molecular weight excluding hydrogens is 224 g/mol. The van der Waals surface area contributed by atoms with Crippen molar-refractivity contribution in [3.05, 3.63) is 16.6 Å². The van der Waals surface area contributed by atoms with Crippen molar-refractivity contribution in [2.45, 2.75) is 31.7 Å². The van der Waals surface area contributed by atoms with Crippen molar-refractivity contribution in [3.63, 3.8) is 0 Å². The summed E-state index contributed by atoms with van der Waals surface area (Å²) < 4.78 is 0. The highest BCUT2D eigenvalue weighted by Crippen LogP contribution is 2.20. The topological polar surface area (TPSA) is 53.4 Å². The van der Waals surface area contributed by atoms with Gasteiger partial charge in [0.2, 0.25) is 0 Å². The van der Waals surface area contributed by atoms with Gasteiger partial charge in [0.1, 0.15) is 4.88 Å². The average molecular weight is 240 g/mol. The van der Waals surface area contributed by atoms with Crippen molar-refractivity contribution < 1.29 is 9.90 Å². The Morgan fingerprint density at radius 2 is 2.44 bits per heavy atom. The molecule has 1 aromatic heterocycles. The number of likely N-dealkylation sites (tertiary alicyclic amines) is 1. The molecule has 88 valence electrons. The molecule has 1 atom stereocenters. The average Bonchev–Trinajstić information content (AvgIpc) is 2.73. The summed E-state index contributed by atoms with van der Waals surface area (Å²) in [6, 6.07) is -0.0166. The summed E-state index contributed by atoms with van der Waals surface area (Å²) in [5.74, 6) is 0.0171. The minimum Gasteiger partial charge on any atom is -0.394 e. The number of amides is 1. The first kappa shape index (κ1) is 11.5. The molecule has 0 aromatic carbocycles. The smallest absolute Gasteiger partial charge is 0.265 e. The molecule has 2 heterocycles. The van der Waals surface area contributed by atoms with E-state index in [0.717, 1.165) is 32.2 Å². The van der Waals surface area contributed by atoms with Crippen LogP contribution in [0.3, 0.4) is 0 Å². The molecule has 0 bridgehead atoms. The van der Waals surface area contributed by atoms with Gasteiger partial charge in [-0.25, -0.2) is 0 Å². The Morgan fingerprint density at radius 1 is 1.56 bits per heavy atom. The number of rotatable bonds is 2. The number of nitrogens with zero attached hydrogens (tertiary/aromatic N) is 2. The van der Waals surface area contributed by atoms with Crippen LogP contribution in [0.4, 0.5) is 0 Å². The molecule has 16 heavy (non-hydrogen) atoms. The van der Waals surface area contributed by atoms with Gasteiger partial charge in [0.25, 0.3) is 5.91 Å². The quantitative estimate of drug-likeness (QED) is 0.852. The van der Waals surface area contributed by atoms with Crippen LogP contribution in [0.2, 0.25) is 0 Å². The molecule has 1 unspecified atom stereocenters. The van der Waals surface area contributed by atoms with Gasteiger partial charge in [0, 0.05) is 6.54 Å². The Hall–Kier alpha value is -0.940. The van der Waals surface area contributed by atoms with Crippen molar-refractivity contribution in [1.29, 1.82) is 0 Å². The molecule has 0 saturated carbocycles. The summed E-state index contributed by atoms with van der Waals surface area (Å²) in [5, 5.41) is 9.33. The second-order valence-electron chi connectivity index (χ2n) is 4.05. The van der Waals surface area contributed by atoms with E-state index in [0.29, 0.717) is 4.88 Å². The number of hydrogen-bond donors (Lipinski definition) is 1. The highest BCUT2D eigenvalue weighted by molar-refractivity contribution is 7.11. The van der Waals surface area contributed by atoms with Gasteiger partial charge in [-0.1, -0.05) is 12.8 Å². The lowest BCUT2D eigenvalue weighted by atomic mass is 10.1. The molecule has 5 heteroatoms. The molecule has 1 aliphatic rings. The molecule has 1 saturated heterocycles. The van der Waals surface area contributed by atoms with E-state index >= 15 is 0 Å². The van der Waals surface area contributed by atoms with E-state index in [1.54, 1.807) is 16.6 Å². The van der Waals surface area contributed by atoms with Crippen LogP contribution in [0.25, 0.3) is 0 Å². The second kappa shape index (κ2) is 5.41. The second-order valence-corrected chi connectivity index (χ2v) is 4.94. The Labute approximate surface area is 98.9 Å². The fraction of sp³-hybridized carbons (Fsp3) is 0.636. The predicted octanol–water partition coefficient (Wildman–Crippen LogP) is 1.52. The molecule has 2 rings (SSSR count). The van der Waals surface area contributed by atoms with E-state index < -0.39 is 0 Å². The van der Waals surface area contributed by atoms with Gasteiger partial charge >= 0.3 is 0 Å². The fourth-order valence-corrected chi connectivity index (χ4v) is 2.67. The Balaban J connectivity index is 2.13. The zero-order chi connectivity index (χ0) is 11.4. The van der Waals surface area contributed by atoms with E-state index in [9.17, 15) is 9.90 Å². The lowest BCUT2D eigenvalue weighted by Crippen LogP contribution is -2.41. The maximum absolute atomic E-state index is 12.2. The van der Waals surface area contributed by atoms with E-state index in [4.69, 9.17) is 0 Å². The molecule has 1 aliphatic heterocycles. The number of aliphatic hydroxyl groups is 1. The Morgan fingerprint density at radius 3 is 3.12 bits per heavy atom. The summed E-state index contributed by atoms with van der Waals surface area (Å²) in [6.45, 7) is 0.812. The zero-order valence-corrected chi connectivity index (χ0v) is 9.95. The van der Waals surface area contributed by atoms with Crippen LogP contribution in [0.15, 0.2) is 11.7 Å². The highest BCUT2D eigenvalue weighted by Gasteiger charge is 2.26. The molecule has 1 fully saturated rings.